The molecule has 2 aromatic heterocycles. The van der Waals surface area contributed by atoms with Crippen LogP contribution in [0.4, 0.5) is 11.8 Å². The van der Waals surface area contributed by atoms with Crippen molar-refractivity contribution >= 4 is 33.3 Å². The molecule has 0 bridgehead atoms. The highest BCUT2D eigenvalue weighted by Gasteiger charge is 2.16. The van der Waals surface area contributed by atoms with E-state index < -0.39 is 0 Å². The Hall–Kier alpha value is -1.36. The second-order valence-corrected chi connectivity index (χ2v) is 6.23. The van der Waals surface area contributed by atoms with Crippen molar-refractivity contribution in [3.05, 3.63) is 11.4 Å². The maximum atomic E-state index is 4.79. The van der Waals surface area contributed by atoms with E-state index in [2.05, 4.69) is 33.6 Å². The lowest BCUT2D eigenvalue weighted by atomic mass is 10.2. The van der Waals surface area contributed by atoms with Gasteiger partial charge in [-0.3, -0.25) is 0 Å². The van der Waals surface area contributed by atoms with Gasteiger partial charge in [-0.2, -0.15) is 4.98 Å². The van der Waals surface area contributed by atoms with Crippen LogP contribution < -0.4 is 10.2 Å². The SMILES string of the molecule is CCCNc1nc(N2CCCCCC2)c2ccsc2n1. The van der Waals surface area contributed by atoms with Gasteiger partial charge in [-0.25, -0.2) is 4.98 Å². The highest BCUT2D eigenvalue weighted by atomic mass is 32.1. The Balaban J connectivity index is 1.95. The molecule has 2 aromatic rings. The van der Waals surface area contributed by atoms with Crippen LogP contribution >= 0.6 is 11.3 Å². The van der Waals surface area contributed by atoms with Gasteiger partial charge in [0.2, 0.25) is 5.95 Å². The molecule has 0 amide bonds. The third-order valence-electron chi connectivity index (χ3n) is 3.74. The zero-order valence-corrected chi connectivity index (χ0v) is 12.9. The van der Waals surface area contributed by atoms with Crippen molar-refractivity contribution in [2.75, 3.05) is 29.9 Å². The first-order valence-electron chi connectivity index (χ1n) is 7.62. The van der Waals surface area contributed by atoms with Crippen LogP contribution in [0.1, 0.15) is 39.0 Å². The minimum Gasteiger partial charge on any atom is -0.356 e. The van der Waals surface area contributed by atoms with Crippen LogP contribution in [0.15, 0.2) is 11.4 Å². The maximum absolute atomic E-state index is 4.79. The normalized spacial score (nSPS) is 16.4. The first-order valence-corrected chi connectivity index (χ1v) is 8.50. The smallest absolute Gasteiger partial charge is 0.226 e. The molecule has 5 heteroatoms. The van der Waals surface area contributed by atoms with E-state index >= 15 is 0 Å². The molecule has 0 spiro atoms. The molecule has 4 nitrogen and oxygen atoms in total. The van der Waals surface area contributed by atoms with Crippen molar-refractivity contribution in [3.8, 4) is 0 Å². The Bertz CT molecular complexity index is 558. The van der Waals surface area contributed by atoms with Crippen LogP contribution in [0.5, 0.6) is 0 Å². The predicted octanol–water partition coefficient (Wildman–Crippen LogP) is 3.89. The summed E-state index contributed by atoms with van der Waals surface area (Å²) in [7, 11) is 0. The zero-order valence-electron chi connectivity index (χ0n) is 12.1. The summed E-state index contributed by atoms with van der Waals surface area (Å²) >= 11 is 1.70. The van der Waals surface area contributed by atoms with Gasteiger partial charge in [0.05, 0.1) is 5.39 Å². The number of hydrogen-bond donors (Lipinski definition) is 1. The first kappa shape index (κ1) is 13.6. The summed E-state index contributed by atoms with van der Waals surface area (Å²) in [5.74, 6) is 1.90. The highest BCUT2D eigenvalue weighted by molar-refractivity contribution is 7.16. The molecule has 1 N–H and O–H groups in total. The van der Waals surface area contributed by atoms with Crippen LogP contribution in [-0.4, -0.2) is 29.6 Å². The van der Waals surface area contributed by atoms with Gasteiger partial charge in [0.15, 0.2) is 0 Å². The van der Waals surface area contributed by atoms with Crippen molar-refractivity contribution in [1.82, 2.24) is 9.97 Å². The maximum Gasteiger partial charge on any atom is 0.226 e. The van der Waals surface area contributed by atoms with Crippen LogP contribution in [0.25, 0.3) is 10.2 Å². The topological polar surface area (TPSA) is 41.1 Å². The molecule has 0 radical (unpaired) electrons. The Labute approximate surface area is 124 Å². The van der Waals surface area contributed by atoms with E-state index in [0.717, 1.165) is 42.7 Å². The summed E-state index contributed by atoms with van der Waals surface area (Å²) in [6.07, 6.45) is 6.32. The number of fused-ring (bicyclic) bond motifs is 1. The molecule has 0 aromatic carbocycles. The summed E-state index contributed by atoms with van der Waals surface area (Å²) in [5, 5.41) is 6.65. The summed E-state index contributed by atoms with van der Waals surface area (Å²) in [4.78, 5) is 12.9. The van der Waals surface area contributed by atoms with Gasteiger partial charge in [-0.1, -0.05) is 19.8 Å². The molecular formula is C15H22N4S. The molecule has 0 unspecified atom stereocenters. The molecule has 0 saturated carbocycles. The molecule has 1 saturated heterocycles. The lowest BCUT2D eigenvalue weighted by molar-refractivity contribution is 0.726. The average molecular weight is 290 g/mol. The van der Waals surface area contributed by atoms with Crippen LogP contribution in [0.2, 0.25) is 0 Å². The van der Waals surface area contributed by atoms with Crippen molar-refractivity contribution in [1.29, 1.82) is 0 Å². The molecular weight excluding hydrogens is 268 g/mol. The number of rotatable bonds is 4. The van der Waals surface area contributed by atoms with Gasteiger partial charge in [-0.05, 0) is 30.7 Å². The van der Waals surface area contributed by atoms with E-state index in [4.69, 9.17) is 4.98 Å². The summed E-state index contributed by atoms with van der Waals surface area (Å²) in [6, 6.07) is 2.16. The fourth-order valence-corrected chi connectivity index (χ4v) is 3.44. The fraction of sp³-hybridized carbons (Fsp3) is 0.600. The largest absolute Gasteiger partial charge is 0.356 e. The number of aromatic nitrogens is 2. The number of nitrogens with one attached hydrogen (secondary N) is 1. The third-order valence-corrected chi connectivity index (χ3v) is 4.55. The van der Waals surface area contributed by atoms with E-state index in [-0.39, 0.29) is 0 Å². The Morgan fingerprint density at radius 3 is 2.75 bits per heavy atom. The molecule has 108 valence electrons. The molecule has 3 heterocycles. The van der Waals surface area contributed by atoms with Gasteiger partial charge in [0.25, 0.3) is 0 Å². The molecule has 20 heavy (non-hydrogen) atoms. The summed E-state index contributed by atoms with van der Waals surface area (Å²) in [6.45, 7) is 5.33. The number of anilines is 2. The number of thiophene rings is 1. The zero-order chi connectivity index (χ0) is 13.8. The van der Waals surface area contributed by atoms with Crippen LogP contribution in [0.3, 0.4) is 0 Å². The second kappa shape index (κ2) is 6.39. The Morgan fingerprint density at radius 2 is 2.00 bits per heavy atom. The molecule has 1 aliphatic rings. The molecule has 0 atom stereocenters. The van der Waals surface area contributed by atoms with Crippen molar-refractivity contribution in [3.63, 3.8) is 0 Å². The van der Waals surface area contributed by atoms with E-state index in [1.54, 1.807) is 11.3 Å². The van der Waals surface area contributed by atoms with Crippen molar-refractivity contribution in [2.24, 2.45) is 0 Å². The van der Waals surface area contributed by atoms with E-state index in [0.29, 0.717) is 0 Å². The third kappa shape index (κ3) is 2.87. The quantitative estimate of drug-likeness (QED) is 0.927. The van der Waals surface area contributed by atoms with E-state index in [1.807, 2.05) is 0 Å². The Morgan fingerprint density at radius 1 is 1.20 bits per heavy atom. The first-order chi connectivity index (χ1) is 9.88. The lowest BCUT2D eigenvalue weighted by Gasteiger charge is -2.22. The van der Waals surface area contributed by atoms with Gasteiger partial charge in [0.1, 0.15) is 10.6 Å². The van der Waals surface area contributed by atoms with Gasteiger partial charge >= 0.3 is 0 Å². The standard InChI is InChI=1S/C15H22N4S/c1-2-8-16-15-17-13(12-7-11-20-14(12)18-15)19-9-5-3-4-6-10-19/h7,11H,2-6,8-10H2,1H3,(H,16,17,18). The van der Waals surface area contributed by atoms with E-state index in [9.17, 15) is 0 Å². The van der Waals surface area contributed by atoms with Crippen LogP contribution in [-0.2, 0) is 0 Å². The summed E-state index contributed by atoms with van der Waals surface area (Å²) in [5.41, 5.74) is 0. The molecule has 3 rings (SSSR count). The lowest BCUT2D eigenvalue weighted by Crippen LogP contribution is -2.25. The van der Waals surface area contributed by atoms with Gasteiger partial charge < -0.3 is 10.2 Å². The van der Waals surface area contributed by atoms with Crippen LogP contribution in [0, 0.1) is 0 Å². The van der Waals surface area contributed by atoms with E-state index in [1.165, 1.54) is 31.1 Å². The Kier molecular flexibility index (Phi) is 4.35. The van der Waals surface area contributed by atoms with Crippen molar-refractivity contribution < 1.29 is 0 Å². The average Bonchev–Trinajstić information content (AvgIpc) is 2.77. The van der Waals surface area contributed by atoms with Crippen molar-refractivity contribution in [2.45, 2.75) is 39.0 Å². The number of hydrogen-bond acceptors (Lipinski definition) is 5. The molecule has 1 aliphatic heterocycles. The minimum atomic E-state index is 0.779. The fourth-order valence-electron chi connectivity index (χ4n) is 2.68. The minimum absolute atomic E-state index is 0.779. The van der Waals surface area contributed by atoms with Gasteiger partial charge in [-0.15, -0.1) is 11.3 Å². The predicted molar refractivity (Wildman–Crippen MR) is 86.9 cm³/mol. The summed E-state index contributed by atoms with van der Waals surface area (Å²) < 4.78 is 0. The monoisotopic (exact) mass is 290 g/mol. The second-order valence-electron chi connectivity index (χ2n) is 5.34. The van der Waals surface area contributed by atoms with Gasteiger partial charge in [0, 0.05) is 19.6 Å². The number of nitrogens with zero attached hydrogens (tertiary/aromatic N) is 3. The molecule has 1 fully saturated rings. The molecule has 0 aliphatic carbocycles. The highest BCUT2D eigenvalue weighted by Crippen LogP contribution is 2.30.